The van der Waals surface area contributed by atoms with Gasteiger partial charge in [0.1, 0.15) is 6.10 Å². The molecule has 2 fully saturated rings. The Bertz CT molecular complexity index is 262. The molecule has 2 rings (SSSR count). The van der Waals surface area contributed by atoms with Crippen molar-refractivity contribution in [3.05, 3.63) is 0 Å². The molecule has 5 heteroatoms. The lowest BCUT2D eigenvalue weighted by atomic mass is 10.2. The first-order chi connectivity index (χ1) is 7.78. The predicted molar refractivity (Wildman–Crippen MR) is 62.4 cm³/mol. The van der Waals surface area contributed by atoms with Crippen molar-refractivity contribution in [1.82, 2.24) is 10.6 Å². The summed E-state index contributed by atoms with van der Waals surface area (Å²) < 4.78 is 11.8. The zero-order valence-electron chi connectivity index (χ0n) is 10.1. The van der Waals surface area contributed by atoms with Gasteiger partial charge in [-0.25, -0.2) is 0 Å². The van der Waals surface area contributed by atoms with E-state index in [4.69, 9.17) is 9.47 Å². The lowest BCUT2D eigenvalue weighted by Crippen LogP contribution is -2.40. The third kappa shape index (κ3) is 2.47. The normalized spacial score (nSPS) is 28.6. The first-order valence-electron chi connectivity index (χ1n) is 5.98. The molecule has 16 heavy (non-hydrogen) atoms. The first-order valence-corrected chi connectivity index (χ1v) is 5.98. The van der Waals surface area contributed by atoms with Crippen LogP contribution in [0.5, 0.6) is 0 Å². The molecule has 1 spiro atoms. The summed E-state index contributed by atoms with van der Waals surface area (Å²) in [6.45, 7) is 1.43. The van der Waals surface area contributed by atoms with Crippen molar-refractivity contribution in [3.8, 4) is 0 Å². The van der Waals surface area contributed by atoms with E-state index < -0.39 is 0 Å². The van der Waals surface area contributed by atoms with Crippen LogP contribution in [0.25, 0.3) is 0 Å². The predicted octanol–water partition coefficient (Wildman–Crippen LogP) is 0.467. The SMILES string of the molecule is CN=C(NC)NCC1COC2(CCCC2)O1. The Balaban J connectivity index is 1.76. The van der Waals surface area contributed by atoms with Crippen LogP contribution in [0.15, 0.2) is 4.99 Å². The monoisotopic (exact) mass is 227 g/mol. The van der Waals surface area contributed by atoms with E-state index in [1.54, 1.807) is 7.05 Å². The molecular weight excluding hydrogens is 206 g/mol. The molecule has 2 N–H and O–H groups in total. The maximum absolute atomic E-state index is 5.98. The summed E-state index contributed by atoms with van der Waals surface area (Å²) in [7, 11) is 3.60. The molecule has 0 aromatic heterocycles. The number of hydrogen-bond donors (Lipinski definition) is 2. The number of nitrogens with one attached hydrogen (secondary N) is 2. The molecule has 1 heterocycles. The Morgan fingerprint density at radius 2 is 2.19 bits per heavy atom. The second-order valence-electron chi connectivity index (χ2n) is 4.37. The van der Waals surface area contributed by atoms with Crippen LogP contribution in [-0.2, 0) is 9.47 Å². The fourth-order valence-electron chi connectivity index (χ4n) is 2.38. The fourth-order valence-corrected chi connectivity index (χ4v) is 2.38. The molecule has 0 aromatic rings. The third-order valence-corrected chi connectivity index (χ3v) is 3.24. The number of ether oxygens (including phenoxy) is 2. The molecule has 1 unspecified atom stereocenters. The maximum Gasteiger partial charge on any atom is 0.190 e. The molecule has 5 nitrogen and oxygen atoms in total. The number of nitrogens with zero attached hydrogens (tertiary/aromatic N) is 1. The highest BCUT2D eigenvalue weighted by atomic mass is 16.7. The van der Waals surface area contributed by atoms with Crippen LogP contribution < -0.4 is 10.6 Å². The van der Waals surface area contributed by atoms with Gasteiger partial charge in [0, 0.05) is 33.5 Å². The van der Waals surface area contributed by atoms with E-state index in [1.807, 2.05) is 7.05 Å². The van der Waals surface area contributed by atoms with Crippen LogP contribution in [0.2, 0.25) is 0 Å². The summed E-state index contributed by atoms with van der Waals surface area (Å²) in [5.41, 5.74) is 0. The summed E-state index contributed by atoms with van der Waals surface area (Å²) >= 11 is 0. The van der Waals surface area contributed by atoms with Crippen LogP contribution >= 0.6 is 0 Å². The molecule has 1 saturated heterocycles. The van der Waals surface area contributed by atoms with Gasteiger partial charge in [-0.2, -0.15) is 0 Å². The summed E-state index contributed by atoms with van der Waals surface area (Å²) in [6.07, 6.45) is 4.67. The average molecular weight is 227 g/mol. The zero-order valence-corrected chi connectivity index (χ0v) is 10.1. The van der Waals surface area contributed by atoms with Gasteiger partial charge >= 0.3 is 0 Å². The van der Waals surface area contributed by atoms with E-state index in [0.29, 0.717) is 6.61 Å². The second-order valence-corrected chi connectivity index (χ2v) is 4.37. The molecule has 0 amide bonds. The third-order valence-electron chi connectivity index (χ3n) is 3.24. The Morgan fingerprint density at radius 3 is 2.81 bits per heavy atom. The molecule has 0 radical (unpaired) electrons. The Morgan fingerprint density at radius 1 is 1.44 bits per heavy atom. The summed E-state index contributed by atoms with van der Waals surface area (Å²) in [6, 6.07) is 0. The summed E-state index contributed by atoms with van der Waals surface area (Å²) in [5.74, 6) is 0.533. The van der Waals surface area contributed by atoms with Crippen molar-refractivity contribution in [3.63, 3.8) is 0 Å². The molecule has 2 aliphatic rings. The van der Waals surface area contributed by atoms with Gasteiger partial charge in [0.15, 0.2) is 11.7 Å². The quantitative estimate of drug-likeness (QED) is 0.532. The highest BCUT2D eigenvalue weighted by Gasteiger charge is 2.43. The largest absolute Gasteiger partial charge is 0.359 e. The molecule has 1 aliphatic carbocycles. The van der Waals surface area contributed by atoms with E-state index in [1.165, 1.54) is 12.8 Å². The molecule has 1 aliphatic heterocycles. The maximum atomic E-state index is 5.98. The van der Waals surface area contributed by atoms with Crippen molar-refractivity contribution in [2.45, 2.75) is 37.6 Å². The first kappa shape index (κ1) is 11.7. The Hall–Kier alpha value is -0.810. The molecule has 0 aromatic carbocycles. The summed E-state index contributed by atoms with van der Waals surface area (Å²) in [4.78, 5) is 4.05. The van der Waals surface area contributed by atoms with Crippen molar-refractivity contribution in [2.75, 3.05) is 27.2 Å². The lowest BCUT2D eigenvalue weighted by molar-refractivity contribution is -0.160. The number of aliphatic imine (C=N–C) groups is 1. The number of hydrogen-bond acceptors (Lipinski definition) is 3. The molecule has 92 valence electrons. The van der Waals surface area contributed by atoms with Crippen LogP contribution in [0, 0.1) is 0 Å². The second kappa shape index (κ2) is 5.01. The standard InChI is InChI=1S/C11H21N3O2/c1-12-10(13-2)14-7-9-8-15-11(16-9)5-3-4-6-11/h9H,3-8H2,1-2H3,(H2,12,13,14). The van der Waals surface area contributed by atoms with E-state index in [-0.39, 0.29) is 11.9 Å². The topological polar surface area (TPSA) is 54.9 Å². The minimum atomic E-state index is -0.254. The van der Waals surface area contributed by atoms with Gasteiger partial charge in [0.2, 0.25) is 0 Å². The minimum absolute atomic E-state index is 0.142. The van der Waals surface area contributed by atoms with E-state index in [9.17, 15) is 0 Å². The van der Waals surface area contributed by atoms with Crippen molar-refractivity contribution < 1.29 is 9.47 Å². The van der Waals surface area contributed by atoms with Gasteiger partial charge in [-0.05, 0) is 12.8 Å². The minimum Gasteiger partial charge on any atom is -0.359 e. The van der Waals surface area contributed by atoms with Gasteiger partial charge < -0.3 is 20.1 Å². The molecule has 0 bridgehead atoms. The van der Waals surface area contributed by atoms with Crippen LogP contribution in [0.4, 0.5) is 0 Å². The van der Waals surface area contributed by atoms with E-state index in [2.05, 4.69) is 15.6 Å². The van der Waals surface area contributed by atoms with Gasteiger partial charge in [0.05, 0.1) is 6.61 Å². The number of rotatable bonds is 2. The van der Waals surface area contributed by atoms with Crippen LogP contribution in [0.3, 0.4) is 0 Å². The Kier molecular flexibility index (Phi) is 3.66. The van der Waals surface area contributed by atoms with Crippen molar-refractivity contribution in [2.24, 2.45) is 4.99 Å². The van der Waals surface area contributed by atoms with Crippen LogP contribution in [-0.4, -0.2) is 45.1 Å². The molecule has 1 saturated carbocycles. The van der Waals surface area contributed by atoms with Gasteiger partial charge in [-0.3, -0.25) is 4.99 Å². The van der Waals surface area contributed by atoms with Crippen molar-refractivity contribution >= 4 is 5.96 Å². The highest BCUT2D eigenvalue weighted by Crippen LogP contribution is 2.38. The van der Waals surface area contributed by atoms with Gasteiger partial charge in [-0.15, -0.1) is 0 Å². The highest BCUT2D eigenvalue weighted by molar-refractivity contribution is 5.79. The van der Waals surface area contributed by atoms with Gasteiger partial charge in [0.25, 0.3) is 0 Å². The smallest absolute Gasteiger partial charge is 0.190 e. The summed E-state index contributed by atoms with van der Waals surface area (Å²) in [5, 5.41) is 6.18. The fraction of sp³-hybridized carbons (Fsp3) is 0.909. The van der Waals surface area contributed by atoms with Gasteiger partial charge in [-0.1, -0.05) is 0 Å². The van der Waals surface area contributed by atoms with E-state index in [0.717, 1.165) is 25.3 Å². The average Bonchev–Trinajstić information content (AvgIpc) is 2.92. The Labute approximate surface area is 96.6 Å². The van der Waals surface area contributed by atoms with E-state index >= 15 is 0 Å². The van der Waals surface area contributed by atoms with Crippen molar-refractivity contribution in [1.29, 1.82) is 0 Å². The molecule has 1 atom stereocenters. The van der Waals surface area contributed by atoms with Crippen LogP contribution in [0.1, 0.15) is 25.7 Å². The molecular formula is C11H21N3O2. The number of guanidine groups is 1. The lowest BCUT2D eigenvalue weighted by Gasteiger charge is -2.22. The zero-order chi connectivity index (χ0) is 11.4.